The van der Waals surface area contributed by atoms with Gasteiger partial charge in [-0.1, -0.05) is 6.07 Å². The average Bonchev–Trinajstić information content (AvgIpc) is 2.92. The Morgan fingerprint density at radius 2 is 2.22 bits per heavy atom. The summed E-state index contributed by atoms with van der Waals surface area (Å²) in [6, 6.07) is 5.46. The number of aryl methyl sites for hydroxylation is 1. The summed E-state index contributed by atoms with van der Waals surface area (Å²) < 4.78 is 20.3. The van der Waals surface area contributed by atoms with E-state index in [1.807, 2.05) is 20.2 Å². The molecule has 1 aromatic heterocycles. The van der Waals surface area contributed by atoms with Crippen LogP contribution in [-0.2, 0) is 7.05 Å². The Bertz CT molecular complexity index is 659. The molecule has 0 radical (unpaired) electrons. The quantitative estimate of drug-likeness (QED) is 0.859. The van der Waals surface area contributed by atoms with Gasteiger partial charge in [0.25, 0.3) is 0 Å². The fraction of sp³-hybridized carbons (Fsp3) is 0.375. The van der Waals surface area contributed by atoms with Crippen molar-refractivity contribution in [3.8, 4) is 5.75 Å². The van der Waals surface area contributed by atoms with Crippen molar-refractivity contribution in [3.05, 3.63) is 48.0 Å². The lowest BCUT2D eigenvalue weighted by Crippen LogP contribution is -2.41. The fourth-order valence-electron chi connectivity index (χ4n) is 2.05. The Morgan fingerprint density at radius 3 is 2.87 bits per heavy atom. The maximum Gasteiger partial charge on any atom is 0.315 e. The lowest BCUT2D eigenvalue weighted by atomic mass is 10.2. The summed E-state index contributed by atoms with van der Waals surface area (Å²) >= 11 is 0. The molecule has 2 aromatic rings. The van der Waals surface area contributed by atoms with Gasteiger partial charge in [-0.3, -0.25) is 4.68 Å². The first-order chi connectivity index (χ1) is 10.9. The van der Waals surface area contributed by atoms with Gasteiger partial charge in [-0.05, 0) is 26.0 Å². The van der Waals surface area contributed by atoms with E-state index in [-0.39, 0.29) is 24.0 Å². The molecule has 0 saturated heterocycles. The molecule has 2 amide bonds. The predicted molar refractivity (Wildman–Crippen MR) is 84.6 cm³/mol. The molecule has 0 bridgehead atoms. The lowest BCUT2D eigenvalue weighted by molar-refractivity contribution is 0.206. The van der Waals surface area contributed by atoms with Crippen LogP contribution in [-0.4, -0.2) is 28.5 Å². The number of benzene rings is 1. The first-order valence-electron chi connectivity index (χ1n) is 7.39. The Hall–Kier alpha value is -2.57. The van der Waals surface area contributed by atoms with Crippen LogP contribution in [0.2, 0.25) is 0 Å². The first kappa shape index (κ1) is 16.8. The molecule has 124 valence electrons. The van der Waals surface area contributed by atoms with Gasteiger partial charge in [-0.25, -0.2) is 9.18 Å². The molecule has 2 N–H and O–H groups in total. The minimum Gasteiger partial charge on any atom is -0.489 e. The van der Waals surface area contributed by atoms with Crippen LogP contribution in [0.4, 0.5) is 9.18 Å². The molecule has 6 nitrogen and oxygen atoms in total. The number of ether oxygens (including phenoxy) is 1. The standard InChI is InChI=1S/C16H21FN4O2/c1-11(23-15-6-4-5-14(17)7-15)8-18-16(22)20-12(2)13-9-19-21(3)10-13/h4-7,9-12H,8H2,1-3H3,(H2,18,20,22)/t11-,12+/m1/s1. The maximum atomic E-state index is 13.1. The van der Waals surface area contributed by atoms with Gasteiger partial charge in [0.15, 0.2) is 0 Å². The molecule has 2 atom stereocenters. The molecule has 0 aliphatic heterocycles. The molecule has 0 aliphatic rings. The van der Waals surface area contributed by atoms with Crippen LogP contribution < -0.4 is 15.4 Å². The van der Waals surface area contributed by atoms with E-state index in [0.29, 0.717) is 12.3 Å². The van der Waals surface area contributed by atoms with E-state index in [1.54, 1.807) is 29.9 Å². The number of rotatable bonds is 6. The molecule has 0 aliphatic carbocycles. The SMILES string of the molecule is C[C@H](CNC(=O)N[C@@H](C)c1cnn(C)c1)Oc1cccc(F)c1. The Balaban J connectivity index is 1.75. The van der Waals surface area contributed by atoms with Crippen molar-refractivity contribution in [1.29, 1.82) is 0 Å². The van der Waals surface area contributed by atoms with Gasteiger partial charge in [0, 0.05) is 24.9 Å². The molecular formula is C16H21FN4O2. The van der Waals surface area contributed by atoms with E-state index in [1.165, 1.54) is 12.1 Å². The third kappa shape index (κ3) is 5.28. The van der Waals surface area contributed by atoms with E-state index >= 15 is 0 Å². The number of aromatic nitrogens is 2. The number of hydrogen-bond acceptors (Lipinski definition) is 3. The van der Waals surface area contributed by atoms with Crippen LogP contribution in [0.1, 0.15) is 25.5 Å². The zero-order chi connectivity index (χ0) is 16.8. The van der Waals surface area contributed by atoms with Crippen molar-refractivity contribution in [1.82, 2.24) is 20.4 Å². The average molecular weight is 320 g/mol. The number of nitrogens with one attached hydrogen (secondary N) is 2. The summed E-state index contributed by atoms with van der Waals surface area (Å²) in [7, 11) is 1.82. The third-order valence-electron chi connectivity index (χ3n) is 3.26. The van der Waals surface area contributed by atoms with Gasteiger partial charge < -0.3 is 15.4 Å². The molecule has 1 heterocycles. The minimum absolute atomic E-state index is 0.150. The second kappa shape index (κ2) is 7.62. The second-order valence-corrected chi connectivity index (χ2v) is 5.41. The van der Waals surface area contributed by atoms with Crippen molar-refractivity contribution in [2.75, 3.05) is 6.54 Å². The van der Waals surface area contributed by atoms with Gasteiger partial charge in [0.2, 0.25) is 0 Å². The van der Waals surface area contributed by atoms with Gasteiger partial charge in [-0.15, -0.1) is 0 Å². The van der Waals surface area contributed by atoms with Crippen molar-refractivity contribution in [3.63, 3.8) is 0 Å². The molecule has 2 rings (SSSR count). The molecule has 0 saturated carbocycles. The van der Waals surface area contributed by atoms with Crippen LogP contribution >= 0.6 is 0 Å². The maximum absolute atomic E-state index is 13.1. The number of carbonyl (C=O) groups excluding carboxylic acids is 1. The minimum atomic E-state index is -0.356. The van der Waals surface area contributed by atoms with Crippen LogP contribution in [0.25, 0.3) is 0 Å². The highest BCUT2D eigenvalue weighted by Gasteiger charge is 2.12. The smallest absolute Gasteiger partial charge is 0.315 e. The summed E-state index contributed by atoms with van der Waals surface area (Å²) in [5.41, 5.74) is 0.923. The van der Waals surface area contributed by atoms with Crippen LogP contribution in [0.3, 0.4) is 0 Å². The zero-order valence-corrected chi connectivity index (χ0v) is 13.4. The molecule has 1 aromatic carbocycles. The summed E-state index contributed by atoms with van der Waals surface area (Å²) in [5, 5.41) is 9.62. The molecule has 0 spiro atoms. The molecule has 0 fully saturated rings. The van der Waals surface area contributed by atoms with E-state index in [2.05, 4.69) is 15.7 Å². The van der Waals surface area contributed by atoms with Crippen molar-refractivity contribution < 1.29 is 13.9 Å². The highest BCUT2D eigenvalue weighted by molar-refractivity contribution is 5.74. The number of amides is 2. The number of urea groups is 1. The topological polar surface area (TPSA) is 68.2 Å². The second-order valence-electron chi connectivity index (χ2n) is 5.41. The number of hydrogen-bond donors (Lipinski definition) is 2. The Morgan fingerprint density at radius 1 is 1.43 bits per heavy atom. The van der Waals surface area contributed by atoms with Crippen LogP contribution in [0.5, 0.6) is 5.75 Å². The third-order valence-corrected chi connectivity index (χ3v) is 3.26. The van der Waals surface area contributed by atoms with Gasteiger partial charge in [0.1, 0.15) is 17.7 Å². The fourth-order valence-corrected chi connectivity index (χ4v) is 2.05. The van der Waals surface area contributed by atoms with Gasteiger partial charge in [-0.2, -0.15) is 5.10 Å². The van der Waals surface area contributed by atoms with Crippen molar-refractivity contribution in [2.45, 2.75) is 26.0 Å². The Labute approximate surface area is 134 Å². The van der Waals surface area contributed by atoms with E-state index < -0.39 is 0 Å². The lowest BCUT2D eigenvalue weighted by Gasteiger charge is -2.17. The van der Waals surface area contributed by atoms with Gasteiger partial charge in [0.05, 0.1) is 18.8 Å². The molecule has 0 unspecified atom stereocenters. The summed E-state index contributed by atoms with van der Waals surface area (Å²) in [5.74, 6) is 0.0779. The molecule has 7 heteroatoms. The summed E-state index contributed by atoms with van der Waals surface area (Å²) in [4.78, 5) is 11.9. The number of carbonyl (C=O) groups is 1. The van der Waals surface area contributed by atoms with E-state index in [9.17, 15) is 9.18 Å². The predicted octanol–water partition coefficient (Wildman–Crippen LogP) is 2.39. The highest BCUT2D eigenvalue weighted by atomic mass is 19.1. The molecular weight excluding hydrogens is 299 g/mol. The normalized spacial score (nSPS) is 13.2. The van der Waals surface area contributed by atoms with E-state index in [0.717, 1.165) is 5.56 Å². The first-order valence-corrected chi connectivity index (χ1v) is 7.39. The Kier molecular flexibility index (Phi) is 5.56. The largest absolute Gasteiger partial charge is 0.489 e. The van der Waals surface area contributed by atoms with Crippen molar-refractivity contribution >= 4 is 6.03 Å². The highest BCUT2D eigenvalue weighted by Crippen LogP contribution is 2.13. The zero-order valence-electron chi connectivity index (χ0n) is 13.4. The van der Waals surface area contributed by atoms with Crippen molar-refractivity contribution in [2.24, 2.45) is 7.05 Å². The van der Waals surface area contributed by atoms with E-state index in [4.69, 9.17) is 4.74 Å². The number of halogens is 1. The van der Waals surface area contributed by atoms with Crippen LogP contribution in [0, 0.1) is 5.82 Å². The monoisotopic (exact) mass is 320 g/mol. The summed E-state index contributed by atoms with van der Waals surface area (Å²) in [6.07, 6.45) is 3.28. The van der Waals surface area contributed by atoms with Crippen LogP contribution in [0.15, 0.2) is 36.7 Å². The van der Waals surface area contributed by atoms with Gasteiger partial charge >= 0.3 is 6.03 Å². The summed E-state index contributed by atoms with van der Waals surface area (Å²) in [6.45, 7) is 3.99. The molecule has 23 heavy (non-hydrogen) atoms. The number of nitrogens with zero attached hydrogens (tertiary/aromatic N) is 2.